The second-order valence-electron chi connectivity index (χ2n) is 6.96. The van der Waals surface area contributed by atoms with Gasteiger partial charge in [-0.15, -0.1) is 0 Å². The molecule has 0 saturated carbocycles. The summed E-state index contributed by atoms with van der Waals surface area (Å²) < 4.78 is 20.8. The first kappa shape index (κ1) is 19.8. The minimum atomic E-state index is -1.30. The fourth-order valence-electron chi connectivity index (χ4n) is 2.29. The molecule has 3 atom stereocenters. The monoisotopic (exact) mass is 361 g/mol. The van der Waals surface area contributed by atoms with Crippen LogP contribution in [0.15, 0.2) is 60.7 Å². The molecule has 2 aromatic rings. The topological polar surface area (TPSA) is 58.6 Å². The van der Waals surface area contributed by atoms with Crippen LogP contribution in [0.3, 0.4) is 0 Å². The molecule has 0 aliphatic rings. The molecule has 0 bridgehead atoms. The third-order valence-electron chi connectivity index (χ3n) is 3.73. The summed E-state index contributed by atoms with van der Waals surface area (Å²) in [5.74, 6) is 0. The van der Waals surface area contributed by atoms with Gasteiger partial charge < -0.3 is 9.84 Å². The minimum absolute atomic E-state index is 0.156. The second kappa shape index (κ2) is 9.25. The van der Waals surface area contributed by atoms with E-state index in [2.05, 4.69) is 4.72 Å². The maximum absolute atomic E-state index is 12.5. The van der Waals surface area contributed by atoms with Gasteiger partial charge in [-0.1, -0.05) is 60.7 Å². The van der Waals surface area contributed by atoms with Crippen molar-refractivity contribution in [2.45, 2.75) is 44.3 Å². The van der Waals surface area contributed by atoms with E-state index in [9.17, 15) is 9.32 Å². The fraction of sp³-hybridized carbons (Fsp3) is 0.400. The van der Waals surface area contributed by atoms with Gasteiger partial charge in [0.25, 0.3) is 0 Å². The summed E-state index contributed by atoms with van der Waals surface area (Å²) >= 11 is 0. The number of aliphatic hydroxyl groups excluding tert-OH is 1. The van der Waals surface area contributed by atoms with Gasteiger partial charge in [-0.3, -0.25) is 0 Å². The lowest BCUT2D eigenvalue weighted by atomic mass is 10.0. The second-order valence-corrected chi connectivity index (χ2v) is 8.95. The lowest BCUT2D eigenvalue weighted by Gasteiger charge is -2.28. The molecule has 2 aromatic carbocycles. The quantitative estimate of drug-likeness (QED) is 0.758. The van der Waals surface area contributed by atoms with Crippen LogP contribution in [-0.2, 0) is 22.3 Å². The molecule has 0 radical (unpaired) electrons. The van der Waals surface area contributed by atoms with E-state index in [1.165, 1.54) is 0 Å². The van der Waals surface area contributed by atoms with Crippen molar-refractivity contribution in [2.24, 2.45) is 0 Å². The van der Waals surface area contributed by atoms with E-state index in [4.69, 9.17) is 4.74 Å². The van der Waals surface area contributed by atoms with Crippen LogP contribution in [0.2, 0.25) is 0 Å². The van der Waals surface area contributed by atoms with E-state index in [0.717, 1.165) is 11.1 Å². The average Bonchev–Trinajstić information content (AvgIpc) is 2.60. The van der Waals surface area contributed by atoms with Gasteiger partial charge in [0.15, 0.2) is 0 Å². The third-order valence-corrected chi connectivity index (χ3v) is 5.31. The molecule has 0 fully saturated rings. The number of hydrogen-bond donors (Lipinski definition) is 2. The van der Waals surface area contributed by atoms with Crippen LogP contribution in [0, 0.1) is 0 Å². The predicted molar refractivity (Wildman–Crippen MR) is 102 cm³/mol. The van der Waals surface area contributed by atoms with Gasteiger partial charge in [0.05, 0.1) is 41.1 Å². The maximum Gasteiger partial charge on any atom is 0.0977 e. The first-order chi connectivity index (χ1) is 11.9. The Kier molecular flexibility index (Phi) is 7.32. The Balaban J connectivity index is 2.02. The molecule has 0 saturated heterocycles. The van der Waals surface area contributed by atoms with Gasteiger partial charge in [-0.2, -0.15) is 0 Å². The highest BCUT2D eigenvalue weighted by Crippen LogP contribution is 2.21. The van der Waals surface area contributed by atoms with Crippen LogP contribution in [0.1, 0.15) is 37.9 Å². The minimum Gasteiger partial charge on any atom is -0.389 e. The Hall–Kier alpha value is -1.53. The van der Waals surface area contributed by atoms with Crippen molar-refractivity contribution in [3.05, 3.63) is 71.8 Å². The first-order valence-corrected chi connectivity index (χ1v) is 9.55. The van der Waals surface area contributed by atoms with Crippen molar-refractivity contribution in [2.75, 3.05) is 6.61 Å². The molecule has 2 rings (SSSR count). The number of benzene rings is 2. The lowest BCUT2D eigenvalue weighted by molar-refractivity contribution is 0.0129. The van der Waals surface area contributed by atoms with E-state index in [1.54, 1.807) is 0 Å². The Morgan fingerprint density at radius 2 is 1.60 bits per heavy atom. The summed E-state index contributed by atoms with van der Waals surface area (Å²) in [6.07, 6.45) is -0.808. The highest BCUT2D eigenvalue weighted by Gasteiger charge is 2.28. The largest absolute Gasteiger partial charge is 0.389 e. The van der Waals surface area contributed by atoms with E-state index < -0.39 is 27.9 Å². The van der Waals surface area contributed by atoms with Crippen molar-refractivity contribution < 1.29 is 14.1 Å². The Labute approximate surface area is 152 Å². The van der Waals surface area contributed by atoms with Crippen molar-refractivity contribution in [1.29, 1.82) is 0 Å². The molecule has 1 unspecified atom stereocenters. The van der Waals surface area contributed by atoms with E-state index in [0.29, 0.717) is 6.61 Å². The summed E-state index contributed by atoms with van der Waals surface area (Å²) in [5.41, 5.74) is 1.94. The summed E-state index contributed by atoms with van der Waals surface area (Å²) in [6.45, 7) is 6.29. The average molecular weight is 362 g/mol. The molecule has 0 aromatic heterocycles. The van der Waals surface area contributed by atoms with Crippen LogP contribution in [0.4, 0.5) is 0 Å². The zero-order valence-electron chi connectivity index (χ0n) is 15.0. The molecule has 0 amide bonds. The Morgan fingerprint density at radius 1 is 1.04 bits per heavy atom. The molecule has 0 heterocycles. The molecule has 25 heavy (non-hydrogen) atoms. The Morgan fingerprint density at radius 3 is 2.16 bits per heavy atom. The highest BCUT2D eigenvalue weighted by molar-refractivity contribution is 7.84. The molecule has 4 nitrogen and oxygen atoms in total. The van der Waals surface area contributed by atoms with Gasteiger partial charge in [0.2, 0.25) is 0 Å². The molecule has 2 N–H and O–H groups in total. The summed E-state index contributed by atoms with van der Waals surface area (Å²) in [4.78, 5) is 0. The molecule has 0 spiro atoms. The fourth-order valence-corrected chi connectivity index (χ4v) is 3.17. The van der Waals surface area contributed by atoms with Crippen LogP contribution >= 0.6 is 0 Å². The SMILES string of the molecule is CC(C)(C)S(=O)N[C@@H](c1ccccc1)[C@H](O)COCc1ccccc1. The number of hydrogen-bond acceptors (Lipinski definition) is 3. The highest BCUT2D eigenvalue weighted by atomic mass is 32.2. The van der Waals surface area contributed by atoms with Gasteiger partial charge >= 0.3 is 0 Å². The zero-order chi connectivity index (χ0) is 18.3. The van der Waals surface area contributed by atoms with Crippen LogP contribution in [-0.4, -0.2) is 26.8 Å². The van der Waals surface area contributed by atoms with Crippen LogP contribution in [0.5, 0.6) is 0 Å². The molecule has 136 valence electrons. The van der Waals surface area contributed by atoms with Crippen molar-refractivity contribution in [3.8, 4) is 0 Å². The van der Waals surface area contributed by atoms with E-state index >= 15 is 0 Å². The summed E-state index contributed by atoms with van der Waals surface area (Å²) in [5, 5.41) is 10.6. The van der Waals surface area contributed by atoms with Crippen molar-refractivity contribution in [3.63, 3.8) is 0 Å². The number of nitrogens with one attached hydrogen (secondary N) is 1. The molecule has 0 aliphatic heterocycles. The standard InChI is InChI=1S/C20H27NO3S/c1-20(2,3)25(23)21-19(17-12-8-5-9-13-17)18(22)15-24-14-16-10-6-4-7-11-16/h4-13,18-19,21-22H,14-15H2,1-3H3/t18-,19+,25?/m1/s1. The number of rotatable bonds is 8. The third kappa shape index (κ3) is 6.36. The number of ether oxygens (including phenoxy) is 1. The maximum atomic E-state index is 12.5. The molecule has 0 aliphatic carbocycles. The van der Waals surface area contributed by atoms with E-state index in [-0.39, 0.29) is 6.61 Å². The van der Waals surface area contributed by atoms with Crippen LogP contribution in [0.25, 0.3) is 0 Å². The molecular weight excluding hydrogens is 334 g/mol. The van der Waals surface area contributed by atoms with E-state index in [1.807, 2.05) is 81.4 Å². The summed E-state index contributed by atoms with van der Waals surface area (Å²) in [6, 6.07) is 18.9. The van der Waals surface area contributed by atoms with Crippen LogP contribution < -0.4 is 4.72 Å². The van der Waals surface area contributed by atoms with Gasteiger partial charge in [0.1, 0.15) is 0 Å². The van der Waals surface area contributed by atoms with Crippen molar-refractivity contribution >= 4 is 11.0 Å². The lowest BCUT2D eigenvalue weighted by Crippen LogP contribution is -2.41. The number of aliphatic hydroxyl groups is 1. The Bertz CT molecular complexity index is 656. The molecule has 5 heteroatoms. The van der Waals surface area contributed by atoms with Gasteiger partial charge in [-0.25, -0.2) is 8.93 Å². The zero-order valence-corrected chi connectivity index (χ0v) is 15.8. The smallest absolute Gasteiger partial charge is 0.0977 e. The predicted octanol–water partition coefficient (Wildman–Crippen LogP) is 3.36. The summed E-state index contributed by atoms with van der Waals surface area (Å²) in [7, 11) is -1.30. The molecular formula is C20H27NO3S. The van der Waals surface area contributed by atoms with Gasteiger partial charge in [0, 0.05) is 0 Å². The first-order valence-electron chi connectivity index (χ1n) is 8.40. The normalized spacial score (nSPS) is 15.5. The van der Waals surface area contributed by atoms with Gasteiger partial charge in [-0.05, 0) is 31.9 Å². The van der Waals surface area contributed by atoms with Crippen molar-refractivity contribution in [1.82, 2.24) is 4.72 Å².